The second-order valence-corrected chi connectivity index (χ2v) is 8.14. The molecule has 0 saturated carbocycles. The molecule has 2 rings (SSSR count). The van der Waals surface area contributed by atoms with Crippen LogP contribution in [0.1, 0.15) is 24.5 Å². The van der Waals surface area contributed by atoms with Gasteiger partial charge in [0, 0.05) is 26.1 Å². The minimum Gasteiger partial charge on any atom is -0.383 e. The number of aryl methyl sites for hydroxylation is 1. The highest BCUT2D eigenvalue weighted by molar-refractivity contribution is 7.89. The first-order valence-corrected chi connectivity index (χ1v) is 10.3. The number of rotatable bonds is 10. The van der Waals surface area contributed by atoms with Gasteiger partial charge in [0.05, 0.1) is 11.5 Å². The number of sulfonamides is 1. The summed E-state index contributed by atoms with van der Waals surface area (Å²) in [6.07, 6.45) is 0.885. The number of benzene rings is 2. The third kappa shape index (κ3) is 7.13. The molecule has 1 atom stereocenters. The first kappa shape index (κ1) is 21.1. The van der Waals surface area contributed by atoms with Gasteiger partial charge in [0.25, 0.3) is 0 Å². The normalized spacial score (nSPS) is 12.5. The zero-order valence-electron chi connectivity index (χ0n) is 15.6. The monoisotopic (exact) mass is 390 g/mol. The van der Waals surface area contributed by atoms with Crippen LogP contribution in [0.4, 0.5) is 0 Å². The van der Waals surface area contributed by atoms with Gasteiger partial charge < -0.3 is 10.1 Å². The van der Waals surface area contributed by atoms with Crippen molar-refractivity contribution in [1.82, 2.24) is 10.0 Å². The van der Waals surface area contributed by atoms with Crippen molar-refractivity contribution in [3.8, 4) is 0 Å². The molecular formula is C20H26N2O4S. The standard InChI is InChI=1S/C20H26N2O4S/c1-16(15-26-2)22-20(23)13-10-17-8-11-19(12-9-17)27(24,25)21-14-18-6-4-3-5-7-18/h3-9,11-12,16,21H,10,13-15H2,1-2H3,(H,22,23)/t16-/m0/s1. The second kappa shape index (κ2) is 10.2. The van der Waals surface area contributed by atoms with Crippen LogP contribution in [0.3, 0.4) is 0 Å². The Labute approximate surface area is 161 Å². The fourth-order valence-corrected chi connectivity index (χ4v) is 3.61. The van der Waals surface area contributed by atoms with E-state index >= 15 is 0 Å². The zero-order valence-corrected chi connectivity index (χ0v) is 16.5. The van der Waals surface area contributed by atoms with E-state index in [4.69, 9.17) is 4.74 Å². The lowest BCUT2D eigenvalue weighted by Gasteiger charge is -2.12. The fourth-order valence-electron chi connectivity index (χ4n) is 2.59. The maximum atomic E-state index is 12.4. The Bertz CT molecular complexity index is 821. The van der Waals surface area contributed by atoms with Crippen molar-refractivity contribution in [3.63, 3.8) is 0 Å². The summed E-state index contributed by atoms with van der Waals surface area (Å²) >= 11 is 0. The number of ether oxygens (including phenoxy) is 1. The first-order valence-electron chi connectivity index (χ1n) is 8.81. The Kier molecular flexibility index (Phi) is 7.97. The van der Waals surface area contributed by atoms with Crippen molar-refractivity contribution in [3.05, 3.63) is 65.7 Å². The maximum Gasteiger partial charge on any atom is 0.240 e. The molecule has 2 aromatic rings. The molecule has 0 aliphatic heterocycles. The molecule has 2 N–H and O–H groups in total. The zero-order chi connectivity index (χ0) is 19.7. The lowest BCUT2D eigenvalue weighted by molar-refractivity contribution is -0.122. The number of carbonyl (C=O) groups is 1. The Morgan fingerprint density at radius 3 is 2.33 bits per heavy atom. The fraction of sp³-hybridized carbons (Fsp3) is 0.350. The Morgan fingerprint density at radius 2 is 1.70 bits per heavy atom. The molecule has 2 aromatic carbocycles. The van der Waals surface area contributed by atoms with Crippen LogP contribution in [0.2, 0.25) is 0 Å². The lowest BCUT2D eigenvalue weighted by atomic mass is 10.1. The molecular weight excluding hydrogens is 364 g/mol. The van der Waals surface area contributed by atoms with E-state index in [1.54, 1.807) is 31.4 Å². The minimum absolute atomic E-state index is 0.0364. The molecule has 0 bridgehead atoms. The molecule has 0 aliphatic carbocycles. The van der Waals surface area contributed by atoms with Crippen LogP contribution < -0.4 is 10.0 Å². The van der Waals surface area contributed by atoms with Crippen LogP contribution in [0.5, 0.6) is 0 Å². The maximum absolute atomic E-state index is 12.4. The van der Waals surface area contributed by atoms with Crippen molar-refractivity contribution >= 4 is 15.9 Å². The Balaban J connectivity index is 1.87. The highest BCUT2D eigenvalue weighted by Gasteiger charge is 2.14. The van der Waals surface area contributed by atoms with Gasteiger partial charge in [-0.15, -0.1) is 0 Å². The third-order valence-corrected chi connectivity index (χ3v) is 5.42. The van der Waals surface area contributed by atoms with E-state index in [0.717, 1.165) is 11.1 Å². The Morgan fingerprint density at radius 1 is 1.04 bits per heavy atom. The number of hydrogen-bond donors (Lipinski definition) is 2. The van der Waals surface area contributed by atoms with Crippen LogP contribution in [0, 0.1) is 0 Å². The molecule has 1 amide bonds. The van der Waals surface area contributed by atoms with Gasteiger partial charge >= 0.3 is 0 Å². The largest absolute Gasteiger partial charge is 0.383 e. The van der Waals surface area contributed by atoms with Crippen LogP contribution in [-0.2, 0) is 32.5 Å². The average molecular weight is 391 g/mol. The van der Waals surface area contributed by atoms with Crippen molar-refractivity contribution in [2.24, 2.45) is 0 Å². The second-order valence-electron chi connectivity index (χ2n) is 6.38. The van der Waals surface area contributed by atoms with Crippen LogP contribution in [-0.4, -0.2) is 34.1 Å². The number of hydrogen-bond acceptors (Lipinski definition) is 4. The van der Waals surface area contributed by atoms with E-state index in [1.807, 2.05) is 37.3 Å². The van der Waals surface area contributed by atoms with Gasteiger partial charge in [0.15, 0.2) is 0 Å². The molecule has 0 heterocycles. The summed E-state index contributed by atoms with van der Waals surface area (Å²) in [5, 5.41) is 2.85. The van der Waals surface area contributed by atoms with Gasteiger partial charge in [-0.25, -0.2) is 13.1 Å². The average Bonchev–Trinajstić information content (AvgIpc) is 2.66. The summed E-state index contributed by atoms with van der Waals surface area (Å²) in [5.41, 5.74) is 1.80. The number of carbonyl (C=O) groups excluding carboxylic acids is 1. The van der Waals surface area contributed by atoms with E-state index in [1.165, 1.54) is 0 Å². The van der Waals surface area contributed by atoms with Crippen LogP contribution in [0.15, 0.2) is 59.5 Å². The Hall–Kier alpha value is -2.22. The summed E-state index contributed by atoms with van der Waals surface area (Å²) in [6.45, 7) is 2.59. The van der Waals surface area contributed by atoms with Crippen molar-refractivity contribution < 1.29 is 17.9 Å². The van der Waals surface area contributed by atoms with E-state index < -0.39 is 10.0 Å². The molecule has 0 aliphatic rings. The molecule has 146 valence electrons. The van der Waals surface area contributed by atoms with E-state index in [0.29, 0.717) is 19.4 Å². The molecule has 0 unspecified atom stereocenters. The SMILES string of the molecule is COC[C@H](C)NC(=O)CCc1ccc(S(=O)(=O)NCc2ccccc2)cc1. The molecule has 0 fully saturated rings. The summed E-state index contributed by atoms with van der Waals surface area (Å²) in [7, 11) is -1.98. The van der Waals surface area contributed by atoms with Gasteiger partial charge in [-0.1, -0.05) is 42.5 Å². The number of amides is 1. The van der Waals surface area contributed by atoms with Crippen LogP contribution >= 0.6 is 0 Å². The van der Waals surface area contributed by atoms with Gasteiger partial charge in [-0.2, -0.15) is 0 Å². The summed E-state index contributed by atoms with van der Waals surface area (Å²) in [5.74, 6) is -0.0548. The van der Waals surface area contributed by atoms with E-state index in [9.17, 15) is 13.2 Å². The minimum atomic E-state index is -3.57. The van der Waals surface area contributed by atoms with Crippen molar-refractivity contribution in [2.75, 3.05) is 13.7 Å². The first-order chi connectivity index (χ1) is 12.9. The summed E-state index contributed by atoms with van der Waals surface area (Å²) in [6, 6.07) is 15.9. The molecule has 7 heteroatoms. The number of nitrogens with one attached hydrogen (secondary N) is 2. The quantitative estimate of drug-likeness (QED) is 0.652. The highest BCUT2D eigenvalue weighted by Crippen LogP contribution is 2.13. The van der Waals surface area contributed by atoms with Crippen molar-refractivity contribution in [2.45, 2.75) is 37.2 Å². The molecule has 6 nitrogen and oxygen atoms in total. The predicted octanol–water partition coefficient (Wildman–Crippen LogP) is 2.25. The smallest absolute Gasteiger partial charge is 0.240 e. The van der Waals surface area contributed by atoms with Gasteiger partial charge in [-0.05, 0) is 36.6 Å². The van der Waals surface area contributed by atoms with Gasteiger partial charge in [-0.3, -0.25) is 4.79 Å². The molecule has 0 spiro atoms. The third-order valence-electron chi connectivity index (χ3n) is 4.01. The highest BCUT2D eigenvalue weighted by atomic mass is 32.2. The van der Waals surface area contributed by atoms with Gasteiger partial charge in [0.2, 0.25) is 15.9 Å². The lowest BCUT2D eigenvalue weighted by Crippen LogP contribution is -2.35. The molecule has 27 heavy (non-hydrogen) atoms. The number of methoxy groups -OCH3 is 1. The predicted molar refractivity (Wildman–Crippen MR) is 105 cm³/mol. The van der Waals surface area contributed by atoms with E-state index in [-0.39, 0.29) is 23.4 Å². The topological polar surface area (TPSA) is 84.5 Å². The van der Waals surface area contributed by atoms with E-state index in [2.05, 4.69) is 10.0 Å². The molecule has 0 saturated heterocycles. The molecule has 0 radical (unpaired) electrons. The van der Waals surface area contributed by atoms with Gasteiger partial charge in [0.1, 0.15) is 0 Å². The summed E-state index contributed by atoms with van der Waals surface area (Å²) in [4.78, 5) is 12.1. The molecule has 0 aromatic heterocycles. The van der Waals surface area contributed by atoms with Crippen molar-refractivity contribution in [1.29, 1.82) is 0 Å². The van der Waals surface area contributed by atoms with Crippen LogP contribution in [0.25, 0.3) is 0 Å². The summed E-state index contributed by atoms with van der Waals surface area (Å²) < 4.78 is 32.3.